The van der Waals surface area contributed by atoms with E-state index in [4.69, 9.17) is 5.73 Å². The number of carbonyl (C=O) groups excluding carboxylic acids is 2. The number of likely N-dealkylation sites (N-methyl/N-ethyl adjacent to an activating group) is 1. The van der Waals surface area contributed by atoms with E-state index >= 15 is 0 Å². The molecule has 0 spiro atoms. The molecular formula is C23H25N5O2S. The zero-order chi connectivity index (χ0) is 21.8. The lowest BCUT2D eigenvalue weighted by molar-refractivity contribution is -0.150. The third kappa shape index (κ3) is 4.74. The second-order valence-corrected chi connectivity index (χ2v) is 8.60. The van der Waals surface area contributed by atoms with Crippen LogP contribution < -0.4 is 5.73 Å². The van der Waals surface area contributed by atoms with Crippen LogP contribution in [-0.4, -0.2) is 57.5 Å². The van der Waals surface area contributed by atoms with Gasteiger partial charge >= 0.3 is 0 Å². The zero-order valence-corrected chi connectivity index (χ0v) is 18.2. The first kappa shape index (κ1) is 21.0. The molecule has 0 saturated carbocycles. The molecule has 1 aliphatic rings. The van der Waals surface area contributed by atoms with Crippen LogP contribution >= 0.6 is 11.3 Å². The van der Waals surface area contributed by atoms with Gasteiger partial charge in [-0.2, -0.15) is 0 Å². The third-order valence-electron chi connectivity index (χ3n) is 5.53. The lowest BCUT2D eigenvalue weighted by Gasteiger charge is -2.40. The van der Waals surface area contributed by atoms with Crippen molar-refractivity contribution in [1.29, 1.82) is 0 Å². The normalized spacial score (nSPS) is 16.5. The first-order valence-corrected chi connectivity index (χ1v) is 11.2. The van der Waals surface area contributed by atoms with Gasteiger partial charge in [0.2, 0.25) is 16.9 Å². The molecule has 0 unspecified atom stereocenters. The summed E-state index contributed by atoms with van der Waals surface area (Å²) in [5.74, 6) is -0.131. The molecule has 2 N–H and O–H groups in total. The largest absolute Gasteiger partial charge is 0.374 e. The number of piperazine rings is 1. The lowest BCUT2D eigenvalue weighted by Crippen LogP contribution is -2.59. The highest BCUT2D eigenvalue weighted by Gasteiger charge is 2.37. The molecule has 8 heteroatoms. The van der Waals surface area contributed by atoms with Crippen molar-refractivity contribution in [2.45, 2.75) is 25.8 Å². The summed E-state index contributed by atoms with van der Waals surface area (Å²) < 4.78 is 0. The van der Waals surface area contributed by atoms with Crippen LogP contribution in [0.4, 0.5) is 5.13 Å². The minimum atomic E-state index is -0.530. The lowest BCUT2D eigenvalue weighted by atomic mass is 9.97. The summed E-state index contributed by atoms with van der Waals surface area (Å²) >= 11 is 1.20. The molecule has 1 aromatic heterocycles. The highest BCUT2D eigenvalue weighted by molar-refractivity contribution is 7.15. The van der Waals surface area contributed by atoms with E-state index in [1.807, 2.05) is 42.2 Å². The minimum Gasteiger partial charge on any atom is -0.374 e. The number of aromatic nitrogens is 2. The number of nitrogens with zero attached hydrogens (tertiary/aromatic N) is 4. The van der Waals surface area contributed by atoms with Crippen molar-refractivity contribution in [3.63, 3.8) is 0 Å². The van der Waals surface area contributed by atoms with Crippen LogP contribution in [0.3, 0.4) is 0 Å². The number of benzene rings is 2. The summed E-state index contributed by atoms with van der Waals surface area (Å²) in [6, 6.07) is 17.8. The van der Waals surface area contributed by atoms with E-state index < -0.39 is 6.04 Å². The highest BCUT2D eigenvalue weighted by Crippen LogP contribution is 2.24. The maximum Gasteiger partial charge on any atom is 0.245 e. The van der Waals surface area contributed by atoms with Gasteiger partial charge in [-0.1, -0.05) is 65.9 Å². The number of hydrogen-bond acceptors (Lipinski definition) is 6. The highest BCUT2D eigenvalue weighted by atomic mass is 32.1. The molecule has 1 saturated heterocycles. The van der Waals surface area contributed by atoms with Crippen molar-refractivity contribution in [2.75, 3.05) is 25.4 Å². The molecule has 0 aliphatic carbocycles. The number of anilines is 1. The number of rotatable bonds is 6. The summed E-state index contributed by atoms with van der Waals surface area (Å²) in [4.78, 5) is 29.7. The van der Waals surface area contributed by atoms with Crippen LogP contribution in [0.25, 0.3) is 11.1 Å². The monoisotopic (exact) mass is 435 g/mol. The Morgan fingerprint density at radius 3 is 2.58 bits per heavy atom. The van der Waals surface area contributed by atoms with Gasteiger partial charge in [-0.05, 0) is 23.6 Å². The molecular weight excluding hydrogens is 410 g/mol. The van der Waals surface area contributed by atoms with Gasteiger partial charge in [-0.15, -0.1) is 10.2 Å². The number of carbonyl (C=O) groups is 2. The van der Waals surface area contributed by atoms with Crippen LogP contribution in [-0.2, 0) is 22.4 Å². The van der Waals surface area contributed by atoms with E-state index in [9.17, 15) is 9.59 Å². The molecule has 160 valence electrons. The number of nitrogen functional groups attached to an aromatic ring is 1. The average Bonchev–Trinajstić information content (AvgIpc) is 3.20. The molecule has 3 aromatic rings. The fraction of sp³-hybridized carbons (Fsp3) is 0.304. The molecule has 0 radical (unpaired) electrons. The number of nitrogens with two attached hydrogens (primary N) is 1. The summed E-state index contributed by atoms with van der Waals surface area (Å²) in [6.45, 7) is 3.65. The molecule has 31 heavy (non-hydrogen) atoms. The molecule has 4 rings (SSSR count). The summed E-state index contributed by atoms with van der Waals surface area (Å²) in [7, 11) is 0. The van der Waals surface area contributed by atoms with Crippen LogP contribution in [0.1, 0.15) is 17.5 Å². The standard InChI is InChI=1S/C23H25N5O2S/c1-2-27-11-12-28(21(29)15-20-25-26-23(24)31-20)19(22(27)30)14-16-7-6-10-18(13-16)17-8-4-3-5-9-17/h3-10,13,19H,2,11-12,14-15H2,1H3,(H2,24,26)/t19-/m1/s1. The molecule has 1 aliphatic heterocycles. The van der Waals surface area contributed by atoms with Crippen molar-refractivity contribution in [3.05, 3.63) is 65.2 Å². The van der Waals surface area contributed by atoms with Crippen LogP contribution in [0, 0.1) is 0 Å². The van der Waals surface area contributed by atoms with Crippen molar-refractivity contribution < 1.29 is 9.59 Å². The van der Waals surface area contributed by atoms with Gasteiger partial charge in [-0.3, -0.25) is 9.59 Å². The van der Waals surface area contributed by atoms with Crippen molar-refractivity contribution in [3.8, 4) is 11.1 Å². The smallest absolute Gasteiger partial charge is 0.245 e. The second-order valence-electron chi connectivity index (χ2n) is 7.50. The van der Waals surface area contributed by atoms with E-state index in [1.165, 1.54) is 11.3 Å². The first-order valence-electron chi connectivity index (χ1n) is 10.4. The number of hydrogen-bond donors (Lipinski definition) is 1. The van der Waals surface area contributed by atoms with Gasteiger partial charge in [0, 0.05) is 26.1 Å². The van der Waals surface area contributed by atoms with Crippen molar-refractivity contribution in [2.24, 2.45) is 0 Å². The van der Waals surface area contributed by atoms with Crippen molar-refractivity contribution in [1.82, 2.24) is 20.0 Å². The summed E-state index contributed by atoms with van der Waals surface area (Å²) in [5, 5.41) is 8.64. The molecule has 2 amide bonds. The van der Waals surface area contributed by atoms with Crippen LogP contribution in [0.15, 0.2) is 54.6 Å². The van der Waals surface area contributed by atoms with Crippen LogP contribution in [0.2, 0.25) is 0 Å². The van der Waals surface area contributed by atoms with Gasteiger partial charge in [0.1, 0.15) is 11.0 Å². The summed E-state index contributed by atoms with van der Waals surface area (Å²) in [5.41, 5.74) is 8.88. The van der Waals surface area contributed by atoms with E-state index in [1.54, 1.807) is 4.90 Å². The molecule has 1 fully saturated rings. The zero-order valence-electron chi connectivity index (χ0n) is 17.4. The average molecular weight is 436 g/mol. The quantitative estimate of drug-likeness (QED) is 0.643. The maximum absolute atomic E-state index is 13.2. The van der Waals surface area contributed by atoms with Crippen LogP contribution in [0.5, 0.6) is 0 Å². The Kier molecular flexibility index (Phi) is 6.27. The van der Waals surface area contributed by atoms with Gasteiger partial charge in [0.25, 0.3) is 0 Å². The SMILES string of the molecule is CCN1CCN(C(=O)Cc2nnc(N)s2)[C@H](Cc2cccc(-c3ccccc3)c2)C1=O. The molecule has 2 aromatic carbocycles. The predicted octanol–water partition coefficient (Wildman–Crippen LogP) is 2.63. The van der Waals surface area contributed by atoms with E-state index in [2.05, 4.69) is 34.5 Å². The van der Waals surface area contributed by atoms with Gasteiger partial charge in [0.05, 0.1) is 6.42 Å². The molecule has 1 atom stereocenters. The second kappa shape index (κ2) is 9.26. The van der Waals surface area contributed by atoms with Crippen molar-refractivity contribution >= 4 is 28.3 Å². The Labute approximate surface area is 185 Å². The topological polar surface area (TPSA) is 92.4 Å². The Morgan fingerprint density at radius 2 is 1.87 bits per heavy atom. The Hall–Kier alpha value is -3.26. The van der Waals surface area contributed by atoms with Gasteiger partial charge in [0.15, 0.2) is 0 Å². The summed E-state index contributed by atoms with van der Waals surface area (Å²) in [6.07, 6.45) is 0.578. The molecule has 7 nitrogen and oxygen atoms in total. The predicted molar refractivity (Wildman–Crippen MR) is 121 cm³/mol. The fourth-order valence-electron chi connectivity index (χ4n) is 3.95. The Balaban J connectivity index is 1.57. The fourth-order valence-corrected chi connectivity index (χ4v) is 4.55. The van der Waals surface area contributed by atoms with E-state index in [0.717, 1.165) is 16.7 Å². The first-order chi connectivity index (χ1) is 15.0. The maximum atomic E-state index is 13.2. The minimum absolute atomic E-state index is 0.0102. The third-order valence-corrected chi connectivity index (χ3v) is 6.29. The van der Waals surface area contributed by atoms with Gasteiger partial charge < -0.3 is 15.5 Å². The van der Waals surface area contributed by atoms with E-state index in [0.29, 0.717) is 36.2 Å². The Bertz CT molecular complexity index is 1070. The molecule has 2 heterocycles. The number of amides is 2. The molecule has 0 bridgehead atoms. The Morgan fingerprint density at radius 1 is 1.10 bits per heavy atom. The van der Waals surface area contributed by atoms with E-state index in [-0.39, 0.29) is 18.2 Å². The van der Waals surface area contributed by atoms with Gasteiger partial charge in [-0.25, -0.2) is 0 Å².